The van der Waals surface area contributed by atoms with E-state index in [1.807, 2.05) is 5.43 Å². The number of benzene rings is 2. The molecule has 0 unspecified atom stereocenters. The zero-order chi connectivity index (χ0) is 21.2. The SMILES string of the molecule is O=C(NNC(=O)c1ccc([N+](=O)[O-])cc1)NC1(C(F)(F)F)Oc2ccccc2O1. The minimum Gasteiger partial charge on any atom is -0.424 e. The highest BCUT2D eigenvalue weighted by Crippen LogP contribution is 2.44. The topological polar surface area (TPSA) is 132 Å². The van der Waals surface area contributed by atoms with Crippen molar-refractivity contribution in [2.24, 2.45) is 0 Å². The number of ether oxygens (including phenoxy) is 2. The molecule has 0 bridgehead atoms. The van der Waals surface area contributed by atoms with Crippen molar-refractivity contribution in [3.63, 3.8) is 0 Å². The number of nitro benzene ring substituents is 1. The maximum absolute atomic E-state index is 13.5. The predicted molar refractivity (Wildman–Crippen MR) is 88.7 cm³/mol. The summed E-state index contributed by atoms with van der Waals surface area (Å²) in [5.41, 5.74) is 3.24. The fourth-order valence-corrected chi connectivity index (χ4v) is 2.29. The van der Waals surface area contributed by atoms with Crippen molar-refractivity contribution in [1.82, 2.24) is 16.2 Å². The third-order valence-electron chi connectivity index (χ3n) is 3.64. The lowest BCUT2D eigenvalue weighted by Crippen LogP contribution is -2.67. The summed E-state index contributed by atoms with van der Waals surface area (Å²) in [6, 6.07) is 8.09. The molecule has 2 aromatic carbocycles. The lowest BCUT2D eigenvalue weighted by Gasteiger charge is -2.29. The van der Waals surface area contributed by atoms with Gasteiger partial charge in [0.05, 0.1) is 4.92 Å². The van der Waals surface area contributed by atoms with E-state index < -0.39 is 28.9 Å². The number of para-hydroxylation sites is 2. The van der Waals surface area contributed by atoms with E-state index in [4.69, 9.17) is 9.47 Å². The molecule has 0 fully saturated rings. The molecule has 3 rings (SSSR count). The number of nitro groups is 1. The van der Waals surface area contributed by atoms with Crippen molar-refractivity contribution in [2.75, 3.05) is 0 Å². The van der Waals surface area contributed by atoms with E-state index in [0.29, 0.717) is 0 Å². The monoisotopic (exact) mass is 412 g/mol. The highest BCUT2D eigenvalue weighted by atomic mass is 19.4. The molecule has 0 saturated carbocycles. The second kappa shape index (κ2) is 7.18. The minimum absolute atomic E-state index is 0.0813. The first-order valence-corrected chi connectivity index (χ1v) is 7.78. The van der Waals surface area contributed by atoms with Crippen molar-refractivity contribution >= 4 is 17.6 Å². The predicted octanol–water partition coefficient (Wildman–Crippen LogP) is 2.23. The maximum atomic E-state index is 13.5. The summed E-state index contributed by atoms with van der Waals surface area (Å²) in [6.07, 6.45) is -5.16. The molecule has 2 aromatic rings. The molecular weight excluding hydrogens is 401 g/mol. The normalized spacial score (nSPS) is 14.0. The smallest absolute Gasteiger partial charge is 0.424 e. The van der Waals surface area contributed by atoms with Gasteiger partial charge in [0.15, 0.2) is 11.5 Å². The van der Waals surface area contributed by atoms with Gasteiger partial charge in [-0.3, -0.25) is 25.7 Å². The van der Waals surface area contributed by atoms with E-state index in [2.05, 4.69) is 0 Å². The first-order chi connectivity index (χ1) is 13.6. The Morgan fingerprint density at radius 3 is 2.00 bits per heavy atom. The van der Waals surface area contributed by atoms with Crippen LogP contribution in [0, 0.1) is 10.1 Å². The second-order valence-corrected chi connectivity index (χ2v) is 5.60. The van der Waals surface area contributed by atoms with Gasteiger partial charge in [-0.2, -0.15) is 13.2 Å². The number of alkyl halides is 3. The number of fused-ring (bicyclic) bond motifs is 1. The second-order valence-electron chi connectivity index (χ2n) is 5.60. The highest BCUT2D eigenvalue weighted by Gasteiger charge is 2.65. The van der Waals surface area contributed by atoms with Gasteiger partial charge in [0.1, 0.15) is 0 Å². The van der Waals surface area contributed by atoms with Gasteiger partial charge in [0.2, 0.25) is 0 Å². The first kappa shape index (κ1) is 19.7. The third kappa shape index (κ3) is 3.97. The van der Waals surface area contributed by atoms with Gasteiger partial charge < -0.3 is 9.47 Å². The van der Waals surface area contributed by atoms with Crippen LogP contribution in [0.25, 0.3) is 0 Å². The number of hydrazine groups is 1. The molecule has 152 valence electrons. The lowest BCUT2D eigenvalue weighted by molar-refractivity contribution is -0.384. The molecule has 0 saturated heterocycles. The van der Waals surface area contributed by atoms with E-state index in [0.717, 1.165) is 24.3 Å². The number of nitrogens with zero attached hydrogens (tertiary/aromatic N) is 1. The zero-order valence-corrected chi connectivity index (χ0v) is 14.1. The molecule has 1 aliphatic heterocycles. The van der Waals surface area contributed by atoms with Gasteiger partial charge in [-0.15, -0.1) is 0 Å². The number of amides is 3. The molecule has 29 heavy (non-hydrogen) atoms. The van der Waals surface area contributed by atoms with Crippen molar-refractivity contribution in [2.45, 2.75) is 12.1 Å². The number of hydrogen-bond acceptors (Lipinski definition) is 6. The quantitative estimate of drug-likeness (QED) is 0.523. The molecule has 13 heteroatoms. The molecule has 0 aliphatic carbocycles. The van der Waals surface area contributed by atoms with Crippen LogP contribution >= 0.6 is 0 Å². The Kier molecular flexibility index (Phi) is 4.88. The molecule has 0 radical (unpaired) electrons. The molecule has 1 aliphatic rings. The number of rotatable bonds is 3. The van der Waals surface area contributed by atoms with Crippen LogP contribution in [0.5, 0.6) is 11.5 Å². The number of hydrogen-bond donors (Lipinski definition) is 3. The third-order valence-corrected chi connectivity index (χ3v) is 3.64. The molecule has 10 nitrogen and oxygen atoms in total. The Morgan fingerprint density at radius 1 is 0.966 bits per heavy atom. The van der Waals surface area contributed by atoms with E-state index in [1.165, 1.54) is 29.6 Å². The van der Waals surface area contributed by atoms with Gasteiger partial charge in [-0.1, -0.05) is 12.1 Å². The highest BCUT2D eigenvalue weighted by molar-refractivity contribution is 5.95. The van der Waals surface area contributed by atoms with Crippen LogP contribution in [0.2, 0.25) is 0 Å². The average Bonchev–Trinajstić information content (AvgIpc) is 3.05. The Morgan fingerprint density at radius 2 is 1.52 bits per heavy atom. The average molecular weight is 412 g/mol. The Hall–Kier alpha value is -4.03. The largest absolute Gasteiger partial charge is 0.492 e. The number of nitrogens with one attached hydrogen (secondary N) is 3. The number of carbonyl (C=O) groups excluding carboxylic acids is 2. The minimum atomic E-state index is -5.16. The maximum Gasteiger partial charge on any atom is 0.492 e. The van der Waals surface area contributed by atoms with Crippen molar-refractivity contribution in [1.29, 1.82) is 0 Å². The zero-order valence-electron chi connectivity index (χ0n) is 14.1. The number of carbonyl (C=O) groups is 2. The Labute approximate surface area is 159 Å². The van der Waals surface area contributed by atoms with Gasteiger partial charge in [0, 0.05) is 17.7 Å². The summed E-state index contributed by atoms with van der Waals surface area (Å²) < 4.78 is 49.9. The molecule has 3 amide bonds. The molecular formula is C16H11F3N4O6. The molecule has 0 atom stereocenters. The summed E-state index contributed by atoms with van der Waals surface area (Å²) in [5, 5.41) is 12.1. The van der Waals surface area contributed by atoms with Crippen LogP contribution in [-0.2, 0) is 0 Å². The van der Waals surface area contributed by atoms with Crippen LogP contribution in [0.3, 0.4) is 0 Å². The number of halogens is 3. The summed E-state index contributed by atoms with van der Waals surface area (Å²) >= 11 is 0. The van der Waals surface area contributed by atoms with E-state index in [-0.39, 0.29) is 22.7 Å². The van der Waals surface area contributed by atoms with Crippen LogP contribution in [0.1, 0.15) is 10.4 Å². The van der Waals surface area contributed by atoms with Crippen molar-refractivity contribution in [3.8, 4) is 11.5 Å². The standard InChI is InChI=1S/C16H11F3N4O6/c17-15(18,19)16(28-11-3-1-2-4-12(11)29-16)20-14(25)22-21-13(24)9-5-7-10(8-6-9)23(26)27/h1-8H,(H,21,24)(H2,20,22,25). The van der Waals surface area contributed by atoms with Gasteiger partial charge in [-0.25, -0.2) is 10.2 Å². The van der Waals surface area contributed by atoms with E-state index >= 15 is 0 Å². The van der Waals surface area contributed by atoms with Gasteiger partial charge in [-0.05, 0) is 24.3 Å². The Bertz CT molecular complexity index is 939. The summed E-state index contributed by atoms with van der Waals surface area (Å²) in [5.74, 6) is -4.88. The van der Waals surface area contributed by atoms with Crippen molar-refractivity contribution < 1.29 is 37.2 Å². The lowest BCUT2D eigenvalue weighted by atomic mass is 10.2. The molecule has 0 spiro atoms. The number of urea groups is 1. The van der Waals surface area contributed by atoms with Gasteiger partial charge >= 0.3 is 18.1 Å². The first-order valence-electron chi connectivity index (χ1n) is 7.78. The summed E-state index contributed by atoms with van der Waals surface area (Å²) in [7, 11) is 0. The van der Waals surface area contributed by atoms with Crippen LogP contribution in [0.15, 0.2) is 48.5 Å². The Balaban J connectivity index is 1.64. The molecule has 3 N–H and O–H groups in total. The van der Waals surface area contributed by atoms with Crippen LogP contribution in [0.4, 0.5) is 23.7 Å². The number of non-ortho nitro benzene ring substituents is 1. The summed E-state index contributed by atoms with van der Waals surface area (Å²) in [6.45, 7) is 0. The fourth-order valence-electron chi connectivity index (χ4n) is 2.29. The van der Waals surface area contributed by atoms with E-state index in [1.54, 1.807) is 5.43 Å². The van der Waals surface area contributed by atoms with Crippen LogP contribution < -0.4 is 25.6 Å². The fraction of sp³-hybridized carbons (Fsp3) is 0.125. The van der Waals surface area contributed by atoms with Gasteiger partial charge in [0.25, 0.3) is 11.6 Å². The van der Waals surface area contributed by atoms with Crippen molar-refractivity contribution in [3.05, 3.63) is 64.2 Å². The van der Waals surface area contributed by atoms with E-state index in [9.17, 15) is 32.9 Å². The summed E-state index contributed by atoms with van der Waals surface area (Å²) in [4.78, 5) is 33.7. The van der Waals surface area contributed by atoms with Crippen LogP contribution in [-0.4, -0.2) is 28.9 Å². The molecule has 1 heterocycles. The molecule has 0 aromatic heterocycles.